The second-order valence-corrected chi connectivity index (χ2v) is 3.29. The van der Waals surface area contributed by atoms with E-state index in [-0.39, 0.29) is 6.54 Å². The van der Waals surface area contributed by atoms with Crippen LogP contribution in [0.4, 0.5) is 13.2 Å². The highest BCUT2D eigenvalue weighted by atomic mass is 19.4. The van der Waals surface area contributed by atoms with Crippen LogP contribution in [-0.2, 0) is 16.0 Å². The topological polar surface area (TPSA) is 30.8 Å². The van der Waals surface area contributed by atoms with E-state index < -0.39 is 18.7 Å². The van der Waals surface area contributed by atoms with Crippen LogP contribution in [0.5, 0.6) is 0 Å². The lowest BCUT2D eigenvalue weighted by Crippen LogP contribution is -2.16. The SMILES string of the molecule is COCOC(=C=NCc1ccccc1)C(F)(F)F. The first-order chi connectivity index (χ1) is 8.54. The van der Waals surface area contributed by atoms with E-state index >= 15 is 0 Å². The van der Waals surface area contributed by atoms with Gasteiger partial charge in [-0.15, -0.1) is 0 Å². The van der Waals surface area contributed by atoms with E-state index in [0.29, 0.717) is 0 Å². The summed E-state index contributed by atoms with van der Waals surface area (Å²) in [6.07, 6.45) is -4.63. The molecule has 6 heteroatoms. The number of nitrogens with zero attached hydrogens (tertiary/aromatic N) is 1. The van der Waals surface area contributed by atoms with Crippen molar-refractivity contribution in [2.75, 3.05) is 13.9 Å². The summed E-state index contributed by atoms with van der Waals surface area (Å²) in [6.45, 7) is -0.389. The van der Waals surface area contributed by atoms with Gasteiger partial charge in [0, 0.05) is 13.0 Å². The molecule has 0 radical (unpaired) electrons. The fourth-order valence-corrected chi connectivity index (χ4v) is 1.08. The average molecular weight is 259 g/mol. The number of halogens is 3. The molecule has 0 aliphatic heterocycles. The molecule has 0 atom stereocenters. The van der Waals surface area contributed by atoms with Crippen LogP contribution in [0.2, 0.25) is 0 Å². The Kier molecular flexibility index (Phi) is 5.42. The maximum atomic E-state index is 12.4. The fourth-order valence-electron chi connectivity index (χ4n) is 1.08. The van der Waals surface area contributed by atoms with E-state index in [1.54, 1.807) is 24.3 Å². The van der Waals surface area contributed by atoms with Gasteiger partial charge in [0.2, 0.25) is 0 Å². The van der Waals surface area contributed by atoms with Gasteiger partial charge in [-0.2, -0.15) is 13.2 Å². The minimum Gasteiger partial charge on any atom is -0.454 e. The Balaban J connectivity index is 2.75. The summed E-state index contributed by atoms with van der Waals surface area (Å²) < 4.78 is 46.1. The number of aliphatic imine (C=N–C) groups is 1. The van der Waals surface area contributed by atoms with Crippen molar-refractivity contribution in [3.05, 3.63) is 41.7 Å². The third-order valence-corrected chi connectivity index (χ3v) is 1.86. The summed E-state index contributed by atoms with van der Waals surface area (Å²) in [5.74, 6) is 0.566. The summed E-state index contributed by atoms with van der Waals surface area (Å²) in [6, 6.07) is 8.89. The smallest absolute Gasteiger partial charge is 0.454 e. The molecule has 0 spiro atoms. The molecule has 0 aromatic heterocycles. The minimum absolute atomic E-state index is 0.108. The second kappa shape index (κ2) is 6.83. The van der Waals surface area contributed by atoms with Crippen LogP contribution in [0.1, 0.15) is 5.56 Å². The van der Waals surface area contributed by atoms with Crippen molar-refractivity contribution in [2.45, 2.75) is 12.7 Å². The normalized spacial score (nSPS) is 10.7. The van der Waals surface area contributed by atoms with Crippen molar-refractivity contribution in [2.24, 2.45) is 4.99 Å². The van der Waals surface area contributed by atoms with Gasteiger partial charge in [-0.3, -0.25) is 0 Å². The molecule has 18 heavy (non-hydrogen) atoms. The highest BCUT2D eigenvalue weighted by Crippen LogP contribution is 2.24. The number of hydrogen-bond donors (Lipinski definition) is 0. The number of allylic oxidation sites excluding steroid dienone is 1. The summed E-state index contributed by atoms with van der Waals surface area (Å²) in [5.41, 5.74) is 0.790. The van der Waals surface area contributed by atoms with E-state index in [1.807, 2.05) is 11.9 Å². The maximum Gasteiger partial charge on any atom is 0.458 e. The Bertz CT molecular complexity index is 423. The van der Waals surface area contributed by atoms with Crippen LogP contribution in [0.15, 0.2) is 41.1 Å². The van der Waals surface area contributed by atoms with Crippen molar-refractivity contribution in [3.8, 4) is 0 Å². The average Bonchev–Trinajstić information content (AvgIpc) is 2.33. The van der Waals surface area contributed by atoms with E-state index in [1.165, 1.54) is 7.11 Å². The molecule has 1 aromatic rings. The molecule has 0 bridgehead atoms. The van der Waals surface area contributed by atoms with Crippen LogP contribution in [-0.4, -0.2) is 25.9 Å². The van der Waals surface area contributed by atoms with Gasteiger partial charge in [0.25, 0.3) is 5.76 Å². The standard InChI is InChI=1S/C12H12F3NO2/c1-17-9-18-11(12(13,14)15)8-16-7-10-5-3-2-4-6-10/h2-6H,7,9H2,1H3. The molecule has 0 fully saturated rings. The first-order valence-corrected chi connectivity index (χ1v) is 5.06. The van der Waals surface area contributed by atoms with Crippen molar-refractivity contribution < 1.29 is 22.6 Å². The lowest BCUT2D eigenvalue weighted by atomic mass is 10.2. The Hall–Kier alpha value is -1.78. The Morgan fingerprint density at radius 3 is 2.50 bits per heavy atom. The molecule has 98 valence electrons. The van der Waals surface area contributed by atoms with E-state index in [4.69, 9.17) is 0 Å². The minimum atomic E-state index is -4.63. The van der Waals surface area contributed by atoms with Gasteiger partial charge in [-0.25, -0.2) is 4.99 Å². The van der Waals surface area contributed by atoms with Crippen molar-refractivity contribution in [1.29, 1.82) is 0 Å². The predicted octanol–water partition coefficient (Wildman–Crippen LogP) is 2.92. The molecule has 0 aliphatic rings. The maximum absolute atomic E-state index is 12.4. The zero-order valence-corrected chi connectivity index (χ0v) is 9.70. The molecule has 3 nitrogen and oxygen atoms in total. The number of alkyl halides is 3. The largest absolute Gasteiger partial charge is 0.458 e. The van der Waals surface area contributed by atoms with Gasteiger partial charge in [0.05, 0.1) is 6.54 Å². The van der Waals surface area contributed by atoms with Crippen LogP contribution < -0.4 is 0 Å². The summed E-state index contributed by atoms with van der Waals surface area (Å²) in [4.78, 5) is 3.57. The quantitative estimate of drug-likeness (QED) is 0.462. The van der Waals surface area contributed by atoms with Crippen LogP contribution in [0, 0.1) is 0 Å². The molecule has 0 N–H and O–H groups in total. The molecular formula is C12H12F3NO2. The van der Waals surface area contributed by atoms with Gasteiger partial charge < -0.3 is 9.47 Å². The zero-order chi connectivity index (χ0) is 13.4. The number of ether oxygens (including phenoxy) is 2. The van der Waals surface area contributed by atoms with Gasteiger partial charge in [-0.05, 0) is 5.56 Å². The number of methoxy groups -OCH3 is 1. The molecule has 0 saturated carbocycles. The van der Waals surface area contributed by atoms with Gasteiger partial charge in [0.15, 0.2) is 6.79 Å². The van der Waals surface area contributed by atoms with E-state index in [9.17, 15) is 13.2 Å². The Morgan fingerprint density at radius 1 is 1.28 bits per heavy atom. The summed E-state index contributed by atoms with van der Waals surface area (Å²) in [5, 5.41) is 0. The third kappa shape index (κ3) is 5.03. The van der Waals surface area contributed by atoms with Crippen LogP contribution in [0.25, 0.3) is 0 Å². The Morgan fingerprint density at radius 2 is 1.94 bits per heavy atom. The summed E-state index contributed by atoms with van der Waals surface area (Å²) >= 11 is 0. The molecule has 0 unspecified atom stereocenters. The highest BCUT2D eigenvalue weighted by molar-refractivity contribution is 5.57. The monoisotopic (exact) mass is 259 g/mol. The van der Waals surface area contributed by atoms with Gasteiger partial charge in [-0.1, -0.05) is 30.3 Å². The molecule has 0 amide bonds. The van der Waals surface area contributed by atoms with Crippen molar-refractivity contribution in [3.63, 3.8) is 0 Å². The van der Waals surface area contributed by atoms with Crippen LogP contribution in [0.3, 0.4) is 0 Å². The Labute approximate surface area is 103 Å². The summed E-state index contributed by atoms with van der Waals surface area (Å²) in [7, 11) is 1.23. The number of rotatable bonds is 5. The zero-order valence-electron chi connectivity index (χ0n) is 9.70. The van der Waals surface area contributed by atoms with Crippen molar-refractivity contribution >= 4 is 5.87 Å². The molecule has 0 aliphatic carbocycles. The lowest BCUT2D eigenvalue weighted by molar-refractivity contribution is -0.145. The van der Waals surface area contributed by atoms with Gasteiger partial charge in [0.1, 0.15) is 0 Å². The van der Waals surface area contributed by atoms with Gasteiger partial charge >= 0.3 is 6.18 Å². The third-order valence-electron chi connectivity index (χ3n) is 1.86. The molecule has 0 saturated heterocycles. The molecular weight excluding hydrogens is 247 g/mol. The molecule has 1 rings (SSSR count). The molecule has 0 heterocycles. The fraction of sp³-hybridized carbons (Fsp3) is 0.333. The molecule has 1 aromatic carbocycles. The first-order valence-electron chi connectivity index (χ1n) is 5.06. The number of benzene rings is 1. The predicted molar refractivity (Wildman–Crippen MR) is 60.1 cm³/mol. The van der Waals surface area contributed by atoms with Crippen LogP contribution >= 0.6 is 0 Å². The van der Waals surface area contributed by atoms with Crippen molar-refractivity contribution in [1.82, 2.24) is 0 Å². The lowest BCUT2D eigenvalue weighted by Gasteiger charge is -2.09. The second-order valence-electron chi connectivity index (χ2n) is 3.29. The number of hydrogen-bond acceptors (Lipinski definition) is 3. The highest BCUT2D eigenvalue weighted by Gasteiger charge is 2.36. The van der Waals surface area contributed by atoms with E-state index in [2.05, 4.69) is 14.5 Å². The first kappa shape index (κ1) is 14.3. The van der Waals surface area contributed by atoms with E-state index in [0.717, 1.165) is 5.56 Å².